The van der Waals surface area contributed by atoms with Crippen LogP contribution < -0.4 is 10.6 Å². The number of hydrogen-bond acceptors (Lipinski definition) is 6. The van der Waals surface area contributed by atoms with E-state index in [1.807, 2.05) is 6.92 Å². The fourth-order valence-corrected chi connectivity index (χ4v) is 3.25. The molecule has 0 saturated carbocycles. The summed E-state index contributed by atoms with van der Waals surface area (Å²) < 4.78 is 46.5. The summed E-state index contributed by atoms with van der Waals surface area (Å²) in [6.45, 7) is 4.04. The number of benzene rings is 1. The van der Waals surface area contributed by atoms with E-state index in [-0.39, 0.29) is 9.79 Å². The van der Waals surface area contributed by atoms with Crippen molar-refractivity contribution < 1.29 is 16.8 Å². The summed E-state index contributed by atoms with van der Waals surface area (Å²) in [5, 5.41) is 6.10. The van der Waals surface area contributed by atoms with Crippen LogP contribution in [0.25, 0.3) is 0 Å². The molecule has 8 heteroatoms. The molecule has 0 aliphatic heterocycles. The highest BCUT2D eigenvalue weighted by Gasteiger charge is 2.17. The highest BCUT2D eigenvalue weighted by Crippen LogP contribution is 2.24. The smallest absolute Gasteiger partial charge is 0.177 e. The van der Waals surface area contributed by atoms with Gasteiger partial charge in [0.1, 0.15) is 0 Å². The first kappa shape index (κ1) is 16.9. The minimum Gasteiger partial charge on any atom is -0.383 e. The molecule has 0 radical (unpaired) electrons. The number of likely N-dealkylation sites (N-methyl/N-ethyl adjacent to an activating group) is 1. The molecule has 1 aromatic carbocycles. The third-order valence-corrected chi connectivity index (χ3v) is 4.89. The van der Waals surface area contributed by atoms with Gasteiger partial charge in [0.25, 0.3) is 0 Å². The molecule has 114 valence electrons. The van der Waals surface area contributed by atoms with Crippen molar-refractivity contribution in [2.75, 3.05) is 37.5 Å². The lowest BCUT2D eigenvalue weighted by atomic mass is 10.3. The van der Waals surface area contributed by atoms with Crippen molar-refractivity contribution in [3.63, 3.8) is 0 Å². The van der Waals surface area contributed by atoms with E-state index in [0.29, 0.717) is 18.8 Å². The van der Waals surface area contributed by atoms with E-state index in [1.54, 1.807) is 0 Å². The van der Waals surface area contributed by atoms with Crippen molar-refractivity contribution in [3.05, 3.63) is 18.2 Å². The van der Waals surface area contributed by atoms with Crippen LogP contribution in [0.4, 0.5) is 5.69 Å². The first-order valence-corrected chi connectivity index (χ1v) is 9.93. The van der Waals surface area contributed by atoms with Gasteiger partial charge in [-0.2, -0.15) is 0 Å². The van der Waals surface area contributed by atoms with Crippen LogP contribution in [0.15, 0.2) is 28.0 Å². The second-order valence-corrected chi connectivity index (χ2v) is 8.48. The van der Waals surface area contributed by atoms with Crippen LogP contribution in [0.1, 0.15) is 6.92 Å². The largest absolute Gasteiger partial charge is 0.383 e. The Kier molecular flexibility index (Phi) is 5.55. The molecule has 6 nitrogen and oxygen atoms in total. The summed E-state index contributed by atoms with van der Waals surface area (Å²) in [4.78, 5) is -0.00733. The molecule has 1 rings (SSSR count). The van der Waals surface area contributed by atoms with Crippen molar-refractivity contribution in [2.45, 2.75) is 16.7 Å². The standard InChI is InChI=1S/C12H20N2O4S2/c1-4-13-7-8-14-11-6-5-10(19(2,15)16)9-12(11)20(3,17)18/h5-6,9,13-14H,4,7-8H2,1-3H3. The van der Waals surface area contributed by atoms with E-state index in [4.69, 9.17) is 0 Å². The van der Waals surface area contributed by atoms with E-state index < -0.39 is 19.7 Å². The molecular weight excluding hydrogens is 300 g/mol. The molecule has 0 atom stereocenters. The SMILES string of the molecule is CCNCCNc1ccc(S(C)(=O)=O)cc1S(C)(=O)=O. The normalized spacial score (nSPS) is 12.3. The Labute approximate surface area is 120 Å². The van der Waals surface area contributed by atoms with Crippen LogP contribution in [0.2, 0.25) is 0 Å². The predicted octanol–water partition coefficient (Wildman–Crippen LogP) is 0.515. The van der Waals surface area contributed by atoms with Crippen LogP contribution in [0, 0.1) is 0 Å². The lowest BCUT2D eigenvalue weighted by Crippen LogP contribution is -2.22. The summed E-state index contributed by atoms with van der Waals surface area (Å²) in [6.07, 6.45) is 2.11. The minimum atomic E-state index is -3.51. The summed E-state index contributed by atoms with van der Waals surface area (Å²) >= 11 is 0. The van der Waals surface area contributed by atoms with E-state index in [1.165, 1.54) is 18.2 Å². The van der Waals surface area contributed by atoms with Crippen LogP contribution in [-0.2, 0) is 19.7 Å². The molecule has 0 spiro atoms. The molecule has 20 heavy (non-hydrogen) atoms. The summed E-state index contributed by atoms with van der Waals surface area (Å²) in [6, 6.07) is 4.08. The Morgan fingerprint density at radius 3 is 2.15 bits per heavy atom. The number of sulfone groups is 2. The molecule has 0 amide bonds. The zero-order valence-electron chi connectivity index (χ0n) is 11.8. The summed E-state index contributed by atoms with van der Waals surface area (Å²) in [5.74, 6) is 0. The second-order valence-electron chi connectivity index (χ2n) is 4.48. The van der Waals surface area contributed by atoms with E-state index in [0.717, 1.165) is 19.1 Å². The Hall–Kier alpha value is -1.12. The van der Waals surface area contributed by atoms with Gasteiger partial charge in [-0.3, -0.25) is 0 Å². The maximum absolute atomic E-state index is 11.8. The van der Waals surface area contributed by atoms with Gasteiger partial charge in [0.05, 0.1) is 15.5 Å². The van der Waals surface area contributed by atoms with E-state index in [9.17, 15) is 16.8 Å². The molecule has 0 heterocycles. The van der Waals surface area contributed by atoms with Crippen LogP contribution in [0.3, 0.4) is 0 Å². The average Bonchev–Trinajstić information content (AvgIpc) is 2.32. The zero-order valence-corrected chi connectivity index (χ0v) is 13.4. The molecule has 0 bridgehead atoms. The van der Waals surface area contributed by atoms with E-state index >= 15 is 0 Å². The summed E-state index contributed by atoms with van der Waals surface area (Å²) in [7, 11) is -6.94. The van der Waals surface area contributed by atoms with Gasteiger partial charge in [0.2, 0.25) is 0 Å². The number of anilines is 1. The highest BCUT2D eigenvalue weighted by atomic mass is 32.2. The Morgan fingerprint density at radius 2 is 1.65 bits per heavy atom. The lowest BCUT2D eigenvalue weighted by Gasteiger charge is -2.12. The lowest BCUT2D eigenvalue weighted by molar-refractivity contribution is 0.600. The average molecular weight is 320 g/mol. The Balaban J connectivity index is 3.12. The number of hydrogen-bond donors (Lipinski definition) is 2. The molecule has 0 fully saturated rings. The number of rotatable bonds is 7. The van der Waals surface area contributed by atoms with Gasteiger partial charge in [-0.05, 0) is 24.7 Å². The van der Waals surface area contributed by atoms with Gasteiger partial charge in [0.15, 0.2) is 19.7 Å². The monoisotopic (exact) mass is 320 g/mol. The molecular formula is C12H20N2O4S2. The fourth-order valence-electron chi connectivity index (χ4n) is 1.65. The van der Waals surface area contributed by atoms with Crippen molar-refractivity contribution in [1.82, 2.24) is 5.32 Å². The minimum absolute atomic E-state index is 0.00285. The summed E-state index contributed by atoms with van der Waals surface area (Å²) in [5.41, 5.74) is 0.415. The fraction of sp³-hybridized carbons (Fsp3) is 0.500. The number of nitrogens with one attached hydrogen (secondary N) is 2. The molecule has 0 aliphatic carbocycles. The molecule has 0 unspecified atom stereocenters. The van der Waals surface area contributed by atoms with Crippen molar-refractivity contribution >= 4 is 25.4 Å². The van der Waals surface area contributed by atoms with Gasteiger partial charge in [0, 0.05) is 25.6 Å². The zero-order chi connectivity index (χ0) is 15.4. The van der Waals surface area contributed by atoms with Gasteiger partial charge >= 0.3 is 0 Å². The van der Waals surface area contributed by atoms with Crippen LogP contribution in [-0.4, -0.2) is 49.0 Å². The van der Waals surface area contributed by atoms with E-state index in [2.05, 4.69) is 10.6 Å². The third kappa shape index (κ3) is 4.77. The van der Waals surface area contributed by atoms with Crippen molar-refractivity contribution in [1.29, 1.82) is 0 Å². The molecule has 0 saturated heterocycles. The first-order valence-electron chi connectivity index (χ1n) is 6.15. The van der Waals surface area contributed by atoms with Gasteiger partial charge < -0.3 is 10.6 Å². The van der Waals surface area contributed by atoms with Crippen LogP contribution >= 0.6 is 0 Å². The molecule has 2 N–H and O–H groups in total. The quantitative estimate of drug-likeness (QED) is 0.711. The maximum Gasteiger partial charge on any atom is 0.177 e. The van der Waals surface area contributed by atoms with Gasteiger partial charge in [-0.1, -0.05) is 6.92 Å². The molecule has 0 aromatic heterocycles. The third-order valence-electron chi connectivity index (χ3n) is 2.65. The Bertz CT molecular complexity index is 667. The van der Waals surface area contributed by atoms with Gasteiger partial charge in [-0.25, -0.2) is 16.8 Å². The Morgan fingerprint density at radius 1 is 1.00 bits per heavy atom. The van der Waals surface area contributed by atoms with Crippen molar-refractivity contribution in [3.8, 4) is 0 Å². The predicted molar refractivity (Wildman–Crippen MR) is 79.7 cm³/mol. The first-order chi connectivity index (χ1) is 9.16. The van der Waals surface area contributed by atoms with Crippen molar-refractivity contribution in [2.24, 2.45) is 0 Å². The topological polar surface area (TPSA) is 92.3 Å². The molecule has 1 aromatic rings. The second kappa shape index (κ2) is 6.55. The highest BCUT2D eigenvalue weighted by molar-refractivity contribution is 7.91. The van der Waals surface area contributed by atoms with Crippen LogP contribution in [0.5, 0.6) is 0 Å². The van der Waals surface area contributed by atoms with Gasteiger partial charge in [-0.15, -0.1) is 0 Å². The maximum atomic E-state index is 11.8. The molecule has 0 aliphatic rings.